The van der Waals surface area contributed by atoms with E-state index in [9.17, 15) is 0 Å². The molecule has 3 nitrogen and oxygen atoms in total. The van der Waals surface area contributed by atoms with Crippen molar-refractivity contribution in [1.82, 2.24) is 10.2 Å². The number of aromatic nitrogens is 2. The number of hydrogen-bond acceptors (Lipinski definition) is 2. The van der Waals surface area contributed by atoms with E-state index in [1.807, 2.05) is 0 Å². The molecule has 0 radical (unpaired) electrons. The third-order valence-electron chi connectivity index (χ3n) is 3.79. The smallest absolute Gasteiger partial charge is 0.148 e. The maximum atomic E-state index is 5.91. The van der Waals surface area contributed by atoms with Gasteiger partial charge in [-0.3, -0.25) is 5.10 Å². The van der Waals surface area contributed by atoms with E-state index < -0.39 is 0 Å². The van der Waals surface area contributed by atoms with E-state index in [0.717, 1.165) is 12.8 Å². The van der Waals surface area contributed by atoms with Crippen molar-refractivity contribution < 1.29 is 0 Å². The molecular formula is C12H21N3. The highest BCUT2D eigenvalue weighted by atomic mass is 15.2. The number of nitrogens with zero attached hydrogens (tertiary/aromatic N) is 1. The molecular weight excluding hydrogens is 186 g/mol. The highest BCUT2D eigenvalue weighted by Gasteiger charge is 2.49. The van der Waals surface area contributed by atoms with Gasteiger partial charge in [-0.1, -0.05) is 27.2 Å². The average Bonchev–Trinajstić information content (AvgIpc) is 2.91. The van der Waals surface area contributed by atoms with Crippen molar-refractivity contribution in [1.29, 1.82) is 0 Å². The van der Waals surface area contributed by atoms with E-state index in [2.05, 4.69) is 31.0 Å². The lowest BCUT2D eigenvalue weighted by Crippen LogP contribution is -2.17. The van der Waals surface area contributed by atoms with Gasteiger partial charge in [-0.15, -0.1) is 0 Å². The van der Waals surface area contributed by atoms with Gasteiger partial charge in [-0.25, -0.2) is 0 Å². The van der Waals surface area contributed by atoms with Crippen LogP contribution < -0.4 is 5.73 Å². The zero-order valence-electron chi connectivity index (χ0n) is 9.93. The van der Waals surface area contributed by atoms with E-state index in [1.165, 1.54) is 24.1 Å². The summed E-state index contributed by atoms with van der Waals surface area (Å²) in [5.41, 5.74) is 8.85. The van der Waals surface area contributed by atoms with Crippen molar-refractivity contribution in [3.63, 3.8) is 0 Å². The van der Waals surface area contributed by atoms with Crippen LogP contribution in [0.15, 0.2) is 0 Å². The molecule has 0 aromatic carbocycles. The molecule has 2 rings (SSSR count). The second-order valence-electron chi connectivity index (χ2n) is 5.02. The van der Waals surface area contributed by atoms with Crippen molar-refractivity contribution in [2.75, 3.05) is 5.73 Å². The van der Waals surface area contributed by atoms with E-state index >= 15 is 0 Å². The molecule has 0 unspecified atom stereocenters. The lowest BCUT2D eigenvalue weighted by molar-refractivity contribution is 0.465. The first-order valence-corrected chi connectivity index (χ1v) is 5.95. The standard InChI is InChI=1S/C12H21N3/c1-4-5-9-10(14-15-11(9)13)12(6-7-12)8(2)3/h8H,4-7H2,1-3H3,(H3,13,14,15). The van der Waals surface area contributed by atoms with Crippen molar-refractivity contribution >= 4 is 5.82 Å². The van der Waals surface area contributed by atoms with Crippen LogP contribution in [0.4, 0.5) is 5.82 Å². The molecule has 1 saturated carbocycles. The van der Waals surface area contributed by atoms with Crippen LogP contribution in [0.25, 0.3) is 0 Å². The first kappa shape index (κ1) is 10.5. The van der Waals surface area contributed by atoms with Gasteiger partial charge in [0.05, 0.1) is 0 Å². The van der Waals surface area contributed by atoms with Gasteiger partial charge in [0.25, 0.3) is 0 Å². The van der Waals surface area contributed by atoms with E-state index in [4.69, 9.17) is 5.73 Å². The predicted octanol–water partition coefficient (Wildman–Crippen LogP) is 2.63. The Morgan fingerprint density at radius 3 is 2.60 bits per heavy atom. The Kier molecular flexibility index (Phi) is 2.49. The second kappa shape index (κ2) is 3.54. The first-order valence-electron chi connectivity index (χ1n) is 5.95. The van der Waals surface area contributed by atoms with Crippen molar-refractivity contribution in [2.24, 2.45) is 5.92 Å². The average molecular weight is 207 g/mol. The molecule has 1 aliphatic rings. The third-order valence-corrected chi connectivity index (χ3v) is 3.79. The fourth-order valence-electron chi connectivity index (χ4n) is 2.54. The zero-order valence-corrected chi connectivity index (χ0v) is 9.93. The number of nitrogen functional groups attached to an aromatic ring is 1. The molecule has 1 fully saturated rings. The highest BCUT2D eigenvalue weighted by Crippen LogP contribution is 2.54. The maximum absolute atomic E-state index is 5.91. The van der Waals surface area contributed by atoms with Crippen LogP contribution in [0.2, 0.25) is 0 Å². The molecule has 0 spiro atoms. The summed E-state index contributed by atoms with van der Waals surface area (Å²) in [4.78, 5) is 0. The monoisotopic (exact) mass is 207 g/mol. The minimum Gasteiger partial charge on any atom is -0.382 e. The van der Waals surface area contributed by atoms with Crippen molar-refractivity contribution in [3.05, 3.63) is 11.3 Å². The first-order chi connectivity index (χ1) is 7.12. The Balaban J connectivity index is 2.36. The number of nitrogens with one attached hydrogen (secondary N) is 1. The van der Waals surface area contributed by atoms with Gasteiger partial charge >= 0.3 is 0 Å². The summed E-state index contributed by atoms with van der Waals surface area (Å²) < 4.78 is 0. The molecule has 3 N–H and O–H groups in total. The summed E-state index contributed by atoms with van der Waals surface area (Å²) in [6.45, 7) is 6.77. The summed E-state index contributed by atoms with van der Waals surface area (Å²) in [6.07, 6.45) is 4.74. The number of nitrogens with two attached hydrogens (primary N) is 1. The number of aromatic amines is 1. The highest BCUT2D eigenvalue weighted by molar-refractivity contribution is 5.47. The Labute approximate surface area is 91.4 Å². The number of rotatable bonds is 4. The number of anilines is 1. The molecule has 1 heterocycles. The topological polar surface area (TPSA) is 54.7 Å². The fraction of sp³-hybridized carbons (Fsp3) is 0.750. The largest absolute Gasteiger partial charge is 0.382 e. The Morgan fingerprint density at radius 2 is 2.13 bits per heavy atom. The van der Waals surface area contributed by atoms with Crippen LogP contribution in [0, 0.1) is 5.92 Å². The van der Waals surface area contributed by atoms with Crippen molar-refractivity contribution in [3.8, 4) is 0 Å². The van der Waals surface area contributed by atoms with Crippen LogP contribution in [0.5, 0.6) is 0 Å². The van der Waals surface area contributed by atoms with Gasteiger partial charge in [0.1, 0.15) is 5.82 Å². The maximum Gasteiger partial charge on any atom is 0.148 e. The minimum absolute atomic E-state index is 0.356. The molecule has 1 aromatic heterocycles. The minimum atomic E-state index is 0.356. The quantitative estimate of drug-likeness (QED) is 0.797. The molecule has 0 saturated heterocycles. The second-order valence-corrected chi connectivity index (χ2v) is 5.02. The van der Waals surface area contributed by atoms with E-state index in [-0.39, 0.29) is 0 Å². The van der Waals surface area contributed by atoms with Crippen LogP contribution in [0.3, 0.4) is 0 Å². The lowest BCUT2D eigenvalue weighted by Gasteiger charge is -2.19. The summed E-state index contributed by atoms with van der Waals surface area (Å²) in [5, 5.41) is 7.34. The summed E-state index contributed by atoms with van der Waals surface area (Å²) in [5.74, 6) is 1.38. The molecule has 0 aliphatic heterocycles. The molecule has 1 aromatic rings. The van der Waals surface area contributed by atoms with Gasteiger partial charge in [-0.05, 0) is 25.2 Å². The van der Waals surface area contributed by atoms with Crippen LogP contribution in [-0.4, -0.2) is 10.2 Å². The molecule has 0 amide bonds. The van der Waals surface area contributed by atoms with Crippen LogP contribution in [-0.2, 0) is 11.8 Å². The van der Waals surface area contributed by atoms with Gasteiger partial charge in [0, 0.05) is 16.7 Å². The third kappa shape index (κ3) is 1.54. The van der Waals surface area contributed by atoms with Crippen molar-refractivity contribution in [2.45, 2.75) is 51.9 Å². The summed E-state index contributed by atoms with van der Waals surface area (Å²) in [6, 6.07) is 0. The van der Waals surface area contributed by atoms with Gasteiger partial charge in [-0.2, -0.15) is 5.10 Å². The van der Waals surface area contributed by atoms with Gasteiger partial charge in [0.15, 0.2) is 0 Å². The van der Waals surface area contributed by atoms with Crippen LogP contribution >= 0.6 is 0 Å². The zero-order chi connectivity index (χ0) is 11.1. The normalized spacial score (nSPS) is 18.4. The molecule has 0 atom stereocenters. The van der Waals surface area contributed by atoms with E-state index in [1.54, 1.807) is 0 Å². The predicted molar refractivity (Wildman–Crippen MR) is 62.7 cm³/mol. The van der Waals surface area contributed by atoms with E-state index in [0.29, 0.717) is 17.2 Å². The Bertz CT molecular complexity index is 348. The molecule has 0 bridgehead atoms. The van der Waals surface area contributed by atoms with Crippen LogP contribution in [0.1, 0.15) is 51.3 Å². The SMILES string of the molecule is CCCc1c(N)n[nH]c1C1(C(C)C)CC1. The summed E-state index contributed by atoms with van der Waals surface area (Å²) >= 11 is 0. The van der Waals surface area contributed by atoms with Gasteiger partial charge < -0.3 is 5.73 Å². The Morgan fingerprint density at radius 1 is 1.47 bits per heavy atom. The molecule has 84 valence electrons. The Hall–Kier alpha value is -0.990. The van der Waals surface area contributed by atoms with Gasteiger partial charge in [0.2, 0.25) is 0 Å². The fourth-order valence-corrected chi connectivity index (χ4v) is 2.54. The summed E-state index contributed by atoms with van der Waals surface area (Å²) in [7, 11) is 0. The molecule has 1 aliphatic carbocycles. The number of H-pyrrole nitrogens is 1. The number of hydrogen-bond donors (Lipinski definition) is 2. The lowest BCUT2D eigenvalue weighted by atomic mass is 9.86. The molecule has 3 heteroatoms. The molecule has 15 heavy (non-hydrogen) atoms.